The molecule has 1 amide bonds. The molecule has 1 aliphatic carbocycles. The van der Waals surface area contributed by atoms with Crippen molar-refractivity contribution in [2.75, 3.05) is 7.11 Å². The van der Waals surface area contributed by atoms with Crippen LogP contribution in [-0.2, 0) is 14.3 Å². The Morgan fingerprint density at radius 3 is 3.06 bits per heavy atom. The van der Waals surface area contributed by atoms with Crippen LogP contribution < -0.4 is 5.32 Å². The van der Waals surface area contributed by atoms with Crippen molar-refractivity contribution < 1.29 is 14.3 Å². The third-order valence-corrected chi connectivity index (χ3v) is 3.61. The molecule has 16 heavy (non-hydrogen) atoms. The number of hydrogen-bond acceptors (Lipinski definition) is 3. The summed E-state index contributed by atoms with van der Waals surface area (Å²) in [5, 5.41) is 2.85. The molecule has 1 heterocycles. The number of amides is 1. The summed E-state index contributed by atoms with van der Waals surface area (Å²) in [4.78, 5) is 23.6. The van der Waals surface area contributed by atoms with Crippen LogP contribution >= 0.6 is 0 Å². The molecule has 0 aromatic heterocycles. The molecule has 0 spiro atoms. The largest absolute Gasteiger partial charge is 0.468 e. The zero-order valence-corrected chi connectivity index (χ0v) is 9.71. The van der Waals surface area contributed by atoms with Crippen molar-refractivity contribution in [3.05, 3.63) is 11.8 Å². The van der Waals surface area contributed by atoms with Crippen LogP contribution in [0.15, 0.2) is 11.8 Å². The molecule has 1 fully saturated rings. The second kappa shape index (κ2) is 3.92. The van der Waals surface area contributed by atoms with Crippen molar-refractivity contribution >= 4 is 11.9 Å². The van der Waals surface area contributed by atoms with E-state index in [1.165, 1.54) is 7.11 Å². The molecule has 2 rings (SSSR count). The van der Waals surface area contributed by atoms with Crippen molar-refractivity contribution in [3.63, 3.8) is 0 Å². The highest BCUT2D eigenvalue weighted by atomic mass is 16.5. The minimum atomic E-state index is -0.597. The average Bonchev–Trinajstić information content (AvgIpc) is 2.29. The van der Waals surface area contributed by atoms with Gasteiger partial charge in [-0.05, 0) is 25.7 Å². The third kappa shape index (κ3) is 1.52. The number of hydrogen-bond donors (Lipinski definition) is 1. The number of nitrogens with one attached hydrogen (secondary N) is 1. The Bertz CT molecular complexity index is 361. The summed E-state index contributed by atoms with van der Waals surface area (Å²) >= 11 is 0. The third-order valence-electron chi connectivity index (χ3n) is 3.61. The van der Waals surface area contributed by atoms with E-state index < -0.39 is 5.41 Å². The Hall–Kier alpha value is -1.32. The molecule has 1 N–H and O–H groups in total. The van der Waals surface area contributed by atoms with Gasteiger partial charge in [0.05, 0.1) is 7.11 Å². The zero-order valence-electron chi connectivity index (χ0n) is 9.71. The minimum Gasteiger partial charge on any atom is -0.468 e. The predicted molar refractivity (Wildman–Crippen MR) is 58.3 cm³/mol. The fraction of sp³-hybridized carbons (Fsp3) is 0.667. The molecular formula is C12H17NO3. The van der Waals surface area contributed by atoms with Crippen LogP contribution in [0.5, 0.6) is 0 Å². The van der Waals surface area contributed by atoms with E-state index in [2.05, 4.69) is 5.32 Å². The summed E-state index contributed by atoms with van der Waals surface area (Å²) < 4.78 is 4.90. The molecule has 0 bridgehead atoms. The molecule has 4 heteroatoms. The smallest absolute Gasteiger partial charge is 0.317 e. The molecule has 0 aromatic rings. The highest BCUT2D eigenvalue weighted by molar-refractivity contribution is 5.89. The number of allylic oxidation sites excluding steroid dienone is 1. The van der Waals surface area contributed by atoms with Crippen molar-refractivity contribution in [2.45, 2.75) is 32.6 Å². The summed E-state index contributed by atoms with van der Waals surface area (Å²) in [6.07, 6.45) is 5.20. The van der Waals surface area contributed by atoms with Gasteiger partial charge in [-0.2, -0.15) is 0 Å². The Morgan fingerprint density at radius 2 is 2.38 bits per heavy atom. The summed E-state index contributed by atoms with van der Waals surface area (Å²) in [5.41, 5.74) is 0.161. The second-order valence-corrected chi connectivity index (χ2v) is 4.68. The number of esters is 1. The number of methoxy groups -OCH3 is 1. The molecule has 1 aliphatic heterocycles. The van der Waals surface area contributed by atoms with Crippen molar-refractivity contribution in [2.24, 2.45) is 11.3 Å². The number of ether oxygens (including phenoxy) is 1. The number of carbonyl (C=O) groups is 2. The molecule has 88 valence electrons. The topological polar surface area (TPSA) is 55.4 Å². The van der Waals surface area contributed by atoms with Crippen LogP contribution in [-0.4, -0.2) is 19.0 Å². The summed E-state index contributed by atoms with van der Waals surface area (Å²) in [5.74, 6) is -0.340. The van der Waals surface area contributed by atoms with E-state index in [4.69, 9.17) is 4.74 Å². The lowest BCUT2D eigenvalue weighted by Crippen LogP contribution is -2.50. The van der Waals surface area contributed by atoms with Crippen LogP contribution in [0.4, 0.5) is 0 Å². The monoisotopic (exact) mass is 223 g/mol. The van der Waals surface area contributed by atoms with E-state index in [0.717, 1.165) is 25.0 Å². The van der Waals surface area contributed by atoms with Gasteiger partial charge in [0.25, 0.3) is 0 Å². The molecule has 2 aliphatic rings. The Morgan fingerprint density at radius 1 is 1.62 bits per heavy atom. The molecule has 0 unspecified atom stereocenters. The number of fused-ring (bicyclic) bond motifs is 1. The molecule has 2 atom stereocenters. The van der Waals surface area contributed by atoms with Crippen molar-refractivity contribution in [3.8, 4) is 0 Å². The van der Waals surface area contributed by atoms with Gasteiger partial charge in [0.1, 0.15) is 5.41 Å². The van der Waals surface area contributed by atoms with Crippen LogP contribution in [0.2, 0.25) is 0 Å². The maximum atomic E-state index is 12.0. The number of piperidine rings is 1. The number of rotatable bonds is 1. The first-order valence-corrected chi connectivity index (χ1v) is 5.70. The van der Waals surface area contributed by atoms with Gasteiger partial charge in [0.2, 0.25) is 5.91 Å². The lowest BCUT2D eigenvalue weighted by Gasteiger charge is -2.41. The van der Waals surface area contributed by atoms with Gasteiger partial charge in [0, 0.05) is 11.6 Å². The lowest BCUT2D eigenvalue weighted by molar-refractivity contribution is -0.154. The minimum absolute atomic E-state index is 0.00711. The molecule has 0 radical (unpaired) electrons. The molecule has 1 saturated heterocycles. The highest BCUT2D eigenvalue weighted by Gasteiger charge is 2.49. The maximum Gasteiger partial charge on any atom is 0.317 e. The van der Waals surface area contributed by atoms with Crippen LogP contribution in [0.25, 0.3) is 0 Å². The van der Waals surface area contributed by atoms with Gasteiger partial charge in [0.15, 0.2) is 0 Å². The Balaban J connectivity index is 2.38. The second-order valence-electron chi connectivity index (χ2n) is 4.68. The van der Waals surface area contributed by atoms with E-state index >= 15 is 0 Å². The molecule has 0 saturated carbocycles. The fourth-order valence-corrected chi connectivity index (χ4v) is 2.73. The number of carbonyl (C=O) groups excluding carboxylic acids is 2. The van der Waals surface area contributed by atoms with E-state index in [0.29, 0.717) is 6.42 Å². The van der Waals surface area contributed by atoms with Gasteiger partial charge in [-0.1, -0.05) is 13.0 Å². The van der Waals surface area contributed by atoms with Gasteiger partial charge in [-0.15, -0.1) is 0 Å². The molecule has 0 aromatic carbocycles. The average molecular weight is 223 g/mol. The van der Waals surface area contributed by atoms with Gasteiger partial charge >= 0.3 is 5.97 Å². The lowest BCUT2D eigenvalue weighted by atomic mass is 9.68. The first-order chi connectivity index (χ1) is 7.60. The van der Waals surface area contributed by atoms with Crippen LogP contribution in [0.1, 0.15) is 32.6 Å². The summed E-state index contributed by atoms with van der Waals surface area (Å²) in [6.45, 7) is 1.85. The maximum absolute atomic E-state index is 12.0. The summed E-state index contributed by atoms with van der Waals surface area (Å²) in [7, 11) is 1.41. The van der Waals surface area contributed by atoms with Crippen LogP contribution in [0.3, 0.4) is 0 Å². The van der Waals surface area contributed by atoms with E-state index in [9.17, 15) is 9.59 Å². The zero-order chi connectivity index (χ0) is 11.8. The Kier molecular flexibility index (Phi) is 2.74. The van der Waals surface area contributed by atoms with E-state index in [1.54, 1.807) is 0 Å². The van der Waals surface area contributed by atoms with Gasteiger partial charge in [-0.25, -0.2) is 0 Å². The Labute approximate surface area is 95.0 Å². The predicted octanol–water partition coefficient (Wildman–Crippen LogP) is 1.37. The quantitative estimate of drug-likeness (QED) is 0.683. The van der Waals surface area contributed by atoms with E-state index in [-0.39, 0.29) is 17.8 Å². The molecule has 4 nitrogen and oxygen atoms in total. The molecular weight excluding hydrogens is 206 g/mol. The SMILES string of the molecule is COC(=O)[C@@]12CCCC=C1NC(=O)[C@@H](C)C2. The normalized spacial score (nSPS) is 33.5. The first-order valence-electron chi connectivity index (χ1n) is 5.70. The standard InChI is InChI=1S/C12H17NO3/c1-8-7-12(11(15)16-2)6-4-3-5-9(12)13-10(8)14/h5,8H,3-4,6-7H2,1-2H3,(H,13,14)/t8-,12+/m0/s1. The summed E-state index contributed by atoms with van der Waals surface area (Å²) in [6, 6.07) is 0. The van der Waals surface area contributed by atoms with Crippen LogP contribution in [0, 0.1) is 11.3 Å². The van der Waals surface area contributed by atoms with Gasteiger partial charge < -0.3 is 10.1 Å². The van der Waals surface area contributed by atoms with Crippen molar-refractivity contribution in [1.82, 2.24) is 5.32 Å². The highest BCUT2D eigenvalue weighted by Crippen LogP contribution is 2.45. The first kappa shape index (κ1) is 11.2. The fourth-order valence-electron chi connectivity index (χ4n) is 2.73. The van der Waals surface area contributed by atoms with E-state index in [1.807, 2.05) is 13.0 Å². The van der Waals surface area contributed by atoms with Gasteiger partial charge in [-0.3, -0.25) is 9.59 Å². The van der Waals surface area contributed by atoms with Crippen molar-refractivity contribution in [1.29, 1.82) is 0 Å².